The Labute approximate surface area is 88.9 Å². The number of carbonyl (C=O) groups excluding carboxylic acids is 1. The Bertz CT molecular complexity index is 389. The maximum atomic E-state index is 11.2. The van der Waals surface area contributed by atoms with Crippen LogP contribution < -0.4 is 11.1 Å². The Morgan fingerprint density at radius 1 is 1.60 bits per heavy atom. The van der Waals surface area contributed by atoms with Crippen molar-refractivity contribution in [2.24, 2.45) is 0 Å². The number of piperidine rings is 1. The normalized spacial score (nSPS) is 21.1. The third-order valence-electron chi connectivity index (χ3n) is 2.84. The number of nitrogens with two attached hydrogens (primary N) is 1. The predicted octanol–water partition coefficient (Wildman–Crippen LogP) is 0.966. The molecular weight excluding hydrogens is 190 g/mol. The molecule has 4 nitrogen and oxygen atoms in total. The molecular formula is C11H15N3O. The molecule has 1 aliphatic heterocycles. The Kier molecular flexibility index (Phi) is 2.58. The zero-order valence-electron chi connectivity index (χ0n) is 8.79. The van der Waals surface area contributed by atoms with Crippen molar-refractivity contribution in [1.82, 2.24) is 10.3 Å². The summed E-state index contributed by atoms with van der Waals surface area (Å²) in [5, 5.41) is 2.82. The molecule has 0 bridgehead atoms. The van der Waals surface area contributed by atoms with Crippen LogP contribution in [-0.2, 0) is 4.79 Å². The molecule has 2 heterocycles. The first kappa shape index (κ1) is 9.96. The van der Waals surface area contributed by atoms with E-state index >= 15 is 0 Å². The van der Waals surface area contributed by atoms with Gasteiger partial charge in [0.25, 0.3) is 0 Å². The summed E-state index contributed by atoms with van der Waals surface area (Å²) in [6.07, 6.45) is 3.18. The highest BCUT2D eigenvalue weighted by atomic mass is 16.1. The van der Waals surface area contributed by atoms with Gasteiger partial charge in [0.2, 0.25) is 5.91 Å². The van der Waals surface area contributed by atoms with E-state index in [0.29, 0.717) is 12.1 Å². The number of aryl methyl sites for hydroxylation is 1. The molecule has 0 spiro atoms. The van der Waals surface area contributed by atoms with Crippen molar-refractivity contribution in [2.45, 2.75) is 25.7 Å². The second kappa shape index (κ2) is 3.88. The molecule has 15 heavy (non-hydrogen) atoms. The van der Waals surface area contributed by atoms with Gasteiger partial charge in [0.05, 0.1) is 11.9 Å². The molecule has 80 valence electrons. The lowest BCUT2D eigenvalue weighted by Gasteiger charge is -2.21. The molecule has 1 atom stereocenters. The second-order valence-electron chi connectivity index (χ2n) is 4.01. The van der Waals surface area contributed by atoms with Gasteiger partial charge in [-0.2, -0.15) is 0 Å². The van der Waals surface area contributed by atoms with Crippen LogP contribution in [0.4, 0.5) is 5.69 Å². The number of anilines is 1. The molecule has 1 aliphatic rings. The lowest BCUT2D eigenvalue weighted by Crippen LogP contribution is -2.32. The standard InChI is InChI=1S/C11H15N3O/c1-7-4-10(14-6-9(7)12)8-2-3-13-11(15)5-8/h4,6,8H,2-3,5,12H2,1H3,(H,13,15). The van der Waals surface area contributed by atoms with Crippen LogP contribution in [0.5, 0.6) is 0 Å². The number of amides is 1. The van der Waals surface area contributed by atoms with E-state index in [1.807, 2.05) is 13.0 Å². The zero-order valence-corrected chi connectivity index (χ0v) is 8.79. The molecule has 0 radical (unpaired) electrons. The lowest BCUT2D eigenvalue weighted by atomic mass is 9.93. The van der Waals surface area contributed by atoms with E-state index in [9.17, 15) is 4.79 Å². The van der Waals surface area contributed by atoms with Gasteiger partial charge >= 0.3 is 0 Å². The minimum atomic E-state index is 0.113. The number of nitrogen functional groups attached to an aromatic ring is 1. The first-order chi connectivity index (χ1) is 7.16. The van der Waals surface area contributed by atoms with E-state index in [1.165, 1.54) is 0 Å². The molecule has 1 amide bonds. The number of hydrogen-bond acceptors (Lipinski definition) is 3. The van der Waals surface area contributed by atoms with Crippen LogP contribution in [0.3, 0.4) is 0 Å². The van der Waals surface area contributed by atoms with Gasteiger partial charge in [-0.05, 0) is 25.0 Å². The van der Waals surface area contributed by atoms with Crippen LogP contribution in [0.15, 0.2) is 12.3 Å². The zero-order chi connectivity index (χ0) is 10.8. The van der Waals surface area contributed by atoms with E-state index in [2.05, 4.69) is 10.3 Å². The van der Waals surface area contributed by atoms with Gasteiger partial charge in [-0.25, -0.2) is 0 Å². The average Bonchev–Trinajstić information content (AvgIpc) is 2.22. The highest BCUT2D eigenvalue weighted by Gasteiger charge is 2.21. The Morgan fingerprint density at radius 3 is 3.07 bits per heavy atom. The minimum Gasteiger partial charge on any atom is -0.397 e. The number of nitrogens with one attached hydrogen (secondary N) is 1. The highest BCUT2D eigenvalue weighted by Crippen LogP contribution is 2.25. The van der Waals surface area contributed by atoms with Crippen LogP contribution in [-0.4, -0.2) is 17.4 Å². The number of nitrogens with zero attached hydrogens (tertiary/aromatic N) is 1. The van der Waals surface area contributed by atoms with Crippen molar-refractivity contribution in [1.29, 1.82) is 0 Å². The number of aromatic nitrogens is 1. The number of rotatable bonds is 1. The van der Waals surface area contributed by atoms with Gasteiger partial charge in [0.15, 0.2) is 0 Å². The fourth-order valence-electron chi connectivity index (χ4n) is 1.85. The topological polar surface area (TPSA) is 68.0 Å². The summed E-state index contributed by atoms with van der Waals surface area (Å²) in [5.74, 6) is 0.362. The molecule has 0 aromatic carbocycles. The van der Waals surface area contributed by atoms with Crippen molar-refractivity contribution in [3.63, 3.8) is 0 Å². The molecule has 2 rings (SSSR count). The van der Waals surface area contributed by atoms with Gasteiger partial charge in [0.1, 0.15) is 0 Å². The summed E-state index contributed by atoms with van der Waals surface area (Å²) in [5.41, 5.74) is 8.43. The number of carbonyl (C=O) groups is 1. The molecule has 1 aromatic heterocycles. The quantitative estimate of drug-likeness (QED) is 0.717. The Hall–Kier alpha value is -1.58. The summed E-state index contributed by atoms with van der Waals surface area (Å²) >= 11 is 0. The minimum absolute atomic E-state index is 0.113. The van der Waals surface area contributed by atoms with Gasteiger partial charge in [-0.15, -0.1) is 0 Å². The van der Waals surface area contributed by atoms with Crippen molar-refractivity contribution in [2.75, 3.05) is 12.3 Å². The van der Waals surface area contributed by atoms with Crippen LogP contribution in [0.1, 0.15) is 30.0 Å². The predicted molar refractivity (Wildman–Crippen MR) is 58.4 cm³/mol. The fourth-order valence-corrected chi connectivity index (χ4v) is 1.85. The Morgan fingerprint density at radius 2 is 2.40 bits per heavy atom. The van der Waals surface area contributed by atoms with Crippen LogP contribution in [0.25, 0.3) is 0 Å². The summed E-state index contributed by atoms with van der Waals surface area (Å²) in [6, 6.07) is 1.98. The van der Waals surface area contributed by atoms with Gasteiger partial charge in [0, 0.05) is 24.6 Å². The largest absolute Gasteiger partial charge is 0.397 e. The van der Waals surface area contributed by atoms with E-state index < -0.39 is 0 Å². The summed E-state index contributed by atoms with van der Waals surface area (Å²) in [7, 11) is 0. The molecule has 4 heteroatoms. The van der Waals surface area contributed by atoms with Gasteiger partial charge < -0.3 is 11.1 Å². The second-order valence-corrected chi connectivity index (χ2v) is 4.01. The third-order valence-corrected chi connectivity index (χ3v) is 2.84. The molecule has 1 fully saturated rings. The van der Waals surface area contributed by atoms with E-state index in [1.54, 1.807) is 6.20 Å². The number of pyridine rings is 1. The average molecular weight is 205 g/mol. The third kappa shape index (κ3) is 2.09. The first-order valence-corrected chi connectivity index (χ1v) is 5.15. The highest BCUT2D eigenvalue weighted by molar-refractivity contribution is 5.77. The summed E-state index contributed by atoms with van der Waals surface area (Å²) in [4.78, 5) is 15.5. The number of hydrogen-bond donors (Lipinski definition) is 2. The van der Waals surface area contributed by atoms with Gasteiger partial charge in [-0.3, -0.25) is 9.78 Å². The van der Waals surface area contributed by atoms with Crippen LogP contribution in [0, 0.1) is 6.92 Å². The van der Waals surface area contributed by atoms with E-state index in [-0.39, 0.29) is 11.8 Å². The maximum Gasteiger partial charge on any atom is 0.220 e. The van der Waals surface area contributed by atoms with Crippen molar-refractivity contribution in [3.05, 3.63) is 23.5 Å². The smallest absolute Gasteiger partial charge is 0.220 e. The van der Waals surface area contributed by atoms with Crippen molar-refractivity contribution >= 4 is 11.6 Å². The van der Waals surface area contributed by atoms with Crippen molar-refractivity contribution in [3.8, 4) is 0 Å². The van der Waals surface area contributed by atoms with Gasteiger partial charge in [-0.1, -0.05) is 0 Å². The SMILES string of the molecule is Cc1cc(C2CCNC(=O)C2)ncc1N. The Balaban J connectivity index is 2.21. The summed E-state index contributed by atoms with van der Waals surface area (Å²) in [6.45, 7) is 2.71. The molecule has 1 aromatic rings. The molecule has 1 saturated heterocycles. The van der Waals surface area contributed by atoms with Crippen LogP contribution in [0.2, 0.25) is 0 Å². The fraction of sp³-hybridized carbons (Fsp3) is 0.455. The lowest BCUT2D eigenvalue weighted by molar-refractivity contribution is -0.122. The maximum absolute atomic E-state index is 11.2. The molecule has 0 saturated carbocycles. The first-order valence-electron chi connectivity index (χ1n) is 5.15. The summed E-state index contributed by atoms with van der Waals surface area (Å²) < 4.78 is 0. The van der Waals surface area contributed by atoms with E-state index in [0.717, 1.165) is 24.2 Å². The molecule has 0 aliphatic carbocycles. The van der Waals surface area contributed by atoms with Crippen molar-refractivity contribution < 1.29 is 4.79 Å². The molecule has 3 N–H and O–H groups in total. The van der Waals surface area contributed by atoms with E-state index in [4.69, 9.17) is 5.73 Å². The monoisotopic (exact) mass is 205 g/mol. The molecule has 1 unspecified atom stereocenters. The van der Waals surface area contributed by atoms with Crippen LogP contribution >= 0.6 is 0 Å².